The van der Waals surface area contributed by atoms with Gasteiger partial charge in [-0.25, -0.2) is 0 Å². The largest absolute Gasteiger partial charge is 0.378 e. The number of rotatable bonds is 7. The summed E-state index contributed by atoms with van der Waals surface area (Å²) in [7, 11) is -2.28. The summed E-state index contributed by atoms with van der Waals surface area (Å²) in [6, 6.07) is 13.0. The predicted molar refractivity (Wildman–Crippen MR) is 121 cm³/mol. The van der Waals surface area contributed by atoms with Gasteiger partial charge in [-0.3, -0.25) is 9.48 Å². The summed E-state index contributed by atoms with van der Waals surface area (Å²) < 4.78 is 32.0. The van der Waals surface area contributed by atoms with Crippen molar-refractivity contribution in [2.45, 2.75) is 18.7 Å². The van der Waals surface area contributed by atoms with Crippen molar-refractivity contribution in [1.82, 2.24) is 9.78 Å². The van der Waals surface area contributed by atoms with Crippen LogP contribution in [0.2, 0.25) is 5.15 Å². The molecule has 0 saturated heterocycles. The summed E-state index contributed by atoms with van der Waals surface area (Å²) in [5.41, 5.74) is 2.77. The first-order valence-corrected chi connectivity index (χ1v) is 11.2. The molecule has 1 heterocycles. The van der Waals surface area contributed by atoms with E-state index in [2.05, 4.69) is 5.10 Å². The van der Waals surface area contributed by atoms with Crippen LogP contribution in [0.25, 0.3) is 12.2 Å². The van der Waals surface area contributed by atoms with Gasteiger partial charge in [0.1, 0.15) is 15.8 Å². The molecule has 0 unspecified atom stereocenters. The fourth-order valence-electron chi connectivity index (χ4n) is 2.79. The van der Waals surface area contributed by atoms with E-state index in [4.69, 9.17) is 15.8 Å². The van der Waals surface area contributed by atoms with Gasteiger partial charge in [-0.05, 0) is 56.4 Å². The number of nitrogens with zero attached hydrogens (tertiary/aromatic N) is 2. The minimum Gasteiger partial charge on any atom is -0.378 e. The average Bonchev–Trinajstić information content (AvgIpc) is 2.97. The zero-order valence-electron chi connectivity index (χ0n) is 17.2. The molecular formula is C23H21ClN2O4S. The fraction of sp³-hybridized carbons (Fsp3) is 0.130. The van der Waals surface area contributed by atoms with Crippen LogP contribution in [-0.2, 0) is 22.0 Å². The van der Waals surface area contributed by atoms with Crippen LogP contribution >= 0.6 is 11.6 Å². The first-order chi connectivity index (χ1) is 14.7. The second-order valence-corrected chi connectivity index (χ2v) is 8.78. The number of hydrogen-bond acceptors (Lipinski definition) is 5. The van der Waals surface area contributed by atoms with E-state index in [0.717, 1.165) is 5.56 Å². The Morgan fingerprint density at radius 1 is 1.03 bits per heavy atom. The van der Waals surface area contributed by atoms with Gasteiger partial charge in [0.2, 0.25) is 0 Å². The molecule has 0 saturated carbocycles. The van der Waals surface area contributed by atoms with Crippen LogP contribution in [0.1, 0.15) is 22.4 Å². The van der Waals surface area contributed by atoms with Gasteiger partial charge in [-0.1, -0.05) is 47.5 Å². The second-order valence-electron chi connectivity index (χ2n) is 6.87. The highest BCUT2D eigenvalue weighted by Gasteiger charge is 2.17. The summed E-state index contributed by atoms with van der Waals surface area (Å²) in [5.74, 6) is -0.169. The number of para-hydroxylation sites is 1. The van der Waals surface area contributed by atoms with Crippen LogP contribution in [-0.4, -0.2) is 24.0 Å². The van der Waals surface area contributed by atoms with Crippen molar-refractivity contribution < 1.29 is 17.4 Å². The molecule has 31 heavy (non-hydrogen) atoms. The third kappa shape index (κ3) is 5.51. The number of allylic oxidation sites excluding steroid dienone is 2. The first kappa shape index (κ1) is 22.5. The van der Waals surface area contributed by atoms with Crippen molar-refractivity contribution in [1.29, 1.82) is 0 Å². The third-order valence-corrected chi connectivity index (χ3v) is 6.16. The number of hydrogen-bond donors (Lipinski definition) is 0. The lowest BCUT2D eigenvalue weighted by molar-refractivity contribution is -0.110. The van der Waals surface area contributed by atoms with Gasteiger partial charge in [0.25, 0.3) is 0 Å². The maximum absolute atomic E-state index is 12.6. The maximum atomic E-state index is 12.6. The number of aromatic nitrogens is 2. The van der Waals surface area contributed by atoms with Crippen LogP contribution < -0.4 is 4.18 Å². The zero-order chi connectivity index (χ0) is 22.6. The summed E-state index contributed by atoms with van der Waals surface area (Å²) in [6.45, 7) is 3.67. The molecule has 1 aromatic heterocycles. The molecule has 0 N–H and O–H groups in total. The molecule has 0 atom stereocenters. The summed E-state index contributed by atoms with van der Waals surface area (Å²) in [6.07, 6.45) is 5.81. The van der Waals surface area contributed by atoms with E-state index in [9.17, 15) is 13.2 Å². The van der Waals surface area contributed by atoms with Crippen molar-refractivity contribution in [3.05, 3.63) is 88.2 Å². The quantitative estimate of drug-likeness (QED) is 0.378. The van der Waals surface area contributed by atoms with Crippen molar-refractivity contribution in [3.8, 4) is 5.75 Å². The molecule has 160 valence electrons. The summed E-state index contributed by atoms with van der Waals surface area (Å²) in [4.78, 5) is 12.3. The standard InChI is InChI=1S/C23H21ClN2O4S/c1-16-8-13-20(14-9-16)31(28,29)30-22-7-5-4-6-18(22)10-11-19(27)12-15-21-17(2)25-26(3)23(21)24/h4-15H,1-3H3/b11-10+,15-12+. The van der Waals surface area contributed by atoms with Crippen LogP contribution in [0.15, 0.2) is 65.6 Å². The number of halogens is 1. The van der Waals surface area contributed by atoms with E-state index >= 15 is 0 Å². The van der Waals surface area contributed by atoms with Crippen LogP contribution in [0.4, 0.5) is 0 Å². The van der Waals surface area contributed by atoms with Crippen molar-refractivity contribution in [3.63, 3.8) is 0 Å². The Labute approximate surface area is 186 Å². The number of benzene rings is 2. The molecule has 0 aliphatic rings. The lowest BCUT2D eigenvalue weighted by atomic mass is 10.1. The Kier molecular flexibility index (Phi) is 6.77. The number of carbonyl (C=O) groups is 1. The van der Waals surface area contributed by atoms with E-state index in [1.807, 2.05) is 6.92 Å². The van der Waals surface area contributed by atoms with E-state index in [0.29, 0.717) is 22.0 Å². The lowest BCUT2D eigenvalue weighted by Gasteiger charge is -2.09. The highest BCUT2D eigenvalue weighted by Crippen LogP contribution is 2.25. The van der Waals surface area contributed by atoms with Crippen LogP contribution in [0, 0.1) is 13.8 Å². The normalized spacial score (nSPS) is 12.0. The number of aryl methyl sites for hydroxylation is 3. The SMILES string of the molecule is Cc1ccc(S(=O)(=O)Oc2ccccc2/C=C/C(=O)/C=C/c2c(C)nn(C)c2Cl)cc1. The van der Waals surface area contributed by atoms with E-state index in [1.54, 1.807) is 50.4 Å². The molecule has 0 radical (unpaired) electrons. The molecule has 0 aliphatic heterocycles. The molecule has 8 heteroatoms. The van der Waals surface area contributed by atoms with E-state index < -0.39 is 10.1 Å². The summed E-state index contributed by atoms with van der Waals surface area (Å²) in [5, 5.41) is 4.62. The van der Waals surface area contributed by atoms with Crippen molar-refractivity contribution >= 4 is 39.7 Å². The Morgan fingerprint density at radius 2 is 1.68 bits per heavy atom. The van der Waals surface area contributed by atoms with Gasteiger partial charge >= 0.3 is 10.1 Å². The third-order valence-electron chi connectivity index (χ3n) is 4.47. The molecule has 0 bridgehead atoms. The molecule has 6 nitrogen and oxygen atoms in total. The topological polar surface area (TPSA) is 78.3 Å². The highest BCUT2D eigenvalue weighted by molar-refractivity contribution is 7.87. The van der Waals surface area contributed by atoms with Gasteiger partial charge in [-0.15, -0.1) is 0 Å². The molecule has 3 rings (SSSR count). The lowest BCUT2D eigenvalue weighted by Crippen LogP contribution is -2.10. The summed E-state index contributed by atoms with van der Waals surface area (Å²) >= 11 is 6.16. The molecule has 0 aliphatic carbocycles. The molecule has 2 aromatic carbocycles. The fourth-order valence-corrected chi connectivity index (χ4v) is 3.99. The predicted octanol–water partition coefficient (Wildman–Crippen LogP) is 4.75. The monoisotopic (exact) mass is 456 g/mol. The highest BCUT2D eigenvalue weighted by atomic mass is 35.5. The van der Waals surface area contributed by atoms with Crippen LogP contribution in [0.3, 0.4) is 0 Å². The molecular weight excluding hydrogens is 436 g/mol. The molecule has 3 aromatic rings. The van der Waals surface area contributed by atoms with Gasteiger partial charge < -0.3 is 4.18 Å². The van der Waals surface area contributed by atoms with Gasteiger partial charge in [0.15, 0.2) is 5.78 Å². The Morgan fingerprint density at radius 3 is 2.32 bits per heavy atom. The van der Waals surface area contributed by atoms with Crippen LogP contribution in [0.5, 0.6) is 5.75 Å². The van der Waals surface area contributed by atoms with E-state index in [-0.39, 0.29) is 16.4 Å². The van der Waals surface area contributed by atoms with E-state index in [1.165, 1.54) is 41.1 Å². The number of carbonyl (C=O) groups excluding carboxylic acids is 1. The number of ketones is 1. The first-order valence-electron chi connectivity index (χ1n) is 9.37. The Hall–Kier alpha value is -3.16. The van der Waals surface area contributed by atoms with Crippen molar-refractivity contribution in [2.75, 3.05) is 0 Å². The van der Waals surface area contributed by atoms with Gasteiger partial charge in [-0.2, -0.15) is 13.5 Å². The Balaban J connectivity index is 1.78. The maximum Gasteiger partial charge on any atom is 0.339 e. The van der Waals surface area contributed by atoms with Gasteiger partial charge in [0.05, 0.1) is 5.69 Å². The zero-order valence-corrected chi connectivity index (χ0v) is 18.8. The van der Waals surface area contributed by atoms with Gasteiger partial charge in [0, 0.05) is 18.2 Å². The minimum absolute atomic E-state index is 0.0552. The molecule has 0 spiro atoms. The molecule has 0 amide bonds. The second kappa shape index (κ2) is 9.32. The minimum atomic E-state index is -4.00. The Bertz CT molecular complexity index is 1270. The smallest absolute Gasteiger partial charge is 0.339 e. The van der Waals surface area contributed by atoms with Crippen molar-refractivity contribution in [2.24, 2.45) is 7.05 Å². The molecule has 0 fully saturated rings. The average molecular weight is 457 g/mol.